The van der Waals surface area contributed by atoms with Gasteiger partial charge in [0.2, 0.25) is 0 Å². The average Bonchev–Trinajstić information content (AvgIpc) is 2.06. The fourth-order valence-corrected chi connectivity index (χ4v) is 3.08. The van der Waals surface area contributed by atoms with Crippen LogP contribution >= 0.6 is 0 Å². The molecule has 84 valence electrons. The Morgan fingerprint density at radius 1 is 1.40 bits per heavy atom. The molecule has 0 aliphatic carbocycles. The first-order valence-corrected chi connectivity index (χ1v) is 6.26. The first-order valence-electron chi connectivity index (χ1n) is 4.60. The van der Waals surface area contributed by atoms with Crippen molar-refractivity contribution in [3.63, 3.8) is 0 Å². The zero-order chi connectivity index (χ0) is 11.6. The minimum Gasteiger partial charge on any atom is -0.398 e. The Kier molecular flexibility index (Phi) is 3.34. The molecule has 0 aromatic heterocycles. The molecule has 1 aromatic rings. The molecule has 0 aliphatic rings. The molecule has 0 unspecified atom stereocenters. The van der Waals surface area contributed by atoms with Crippen LogP contribution in [0.2, 0.25) is 0 Å². The summed E-state index contributed by atoms with van der Waals surface area (Å²) in [5.41, 5.74) is 5.60. The van der Waals surface area contributed by atoms with Gasteiger partial charge in [-0.15, -0.1) is 0 Å². The van der Waals surface area contributed by atoms with Crippen LogP contribution in [-0.4, -0.2) is 14.2 Å². The minimum atomic E-state index is -3.48. The van der Waals surface area contributed by atoms with Crippen LogP contribution in [0.4, 0.5) is 10.1 Å². The van der Waals surface area contributed by atoms with Crippen LogP contribution in [0.3, 0.4) is 0 Å². The maximum Gasteiger partial charge on any atom is 0.180 e. The standard InChI is InChI=1S/C10H14FNO2S/c1-7(2)6-15(13,14)10-5-8(11)3-4-9(10)12/h3-5,7H,6,12H2,1-2H3. The Labute approximate surface area is 89.0 Å². The Balaban J connectivity index is 3.21. The van der Waals surface area contributed by atoms with Gasteiger partial charge in [0.25, 0.3) is 0 Å². The summed E-state index contributed by atoms with van der Waals surface area (Å²) in [4.78, 5) is -0.115. The van der Waals surface area contributed by atoms with Crippen LogP contribution in [0.25, 0.3) is 0 Å². The molecule has 5 heteroatoms. The average molecular weight is 231 g/mol. The van der Waals surface area contributed by atoms with Gasteiger partial charge in [0.1, 0.15) is 5.82 Å². The maximum absolute atomic E-state index is 12.9. The number of sulfone groups is 1. The predicted molar refractivity (Wildman–Crippen MR) is 57.7 cm³/mol. The van der Waals surface area contributed by atoms with E-state index in [1.807, 2.05) is 0 Å². The summed E-state index contributed by atoms with van der Waals surface area (Å²) in [6.45, 7) is 3.57. The molecule has 15 heavy (non-hydrogen) atoms. The largest absolute Gasteiger partial charge is 0.398 e. The molecule has 0 saturated heterocycles. The maximum atomic E-state index is 12.9. The monoisotopic (exact) mass is 231 g/mol. The van der Waals surface area contributed by atoms with Crippen molar-refractivity contribution in [1.29, 1.82) is 0 Å². The molecule has 0 radical (unpaired) electrons. The van der Waals surface area contributed by atoms with Crippen molar-refractivity contribution in [2.24, 2.45) is 5.92 Å². The molecular weight excluding hydrogens is 217 g/mol. The van der Waals surface area contributed by atoms with E-state index in [1.54, 1.807) is 13.8 Å². The van der Waals surface area contributed by atoms with Crippen LogP contribution in [0, 0.1) is 11.7 Å². The molecule has 0 fully saturated rings. The zero-order valence-corrected chi connectivity index (χ0v) is 9.51. The van der Waals surface area contributed by atoms with Crippen molar-refractivity contribution in [2.75, 3.05) is 11.5 Å². The molecule has 0 saturated carbocycles. The smallest absolute Gasteiger partial charge is 0.180 e. The number of halogens is 1. The van der Waals surface area contributed by atoms with Crippen LogP contribution in [0.1, 0.15) is 13.8 Å². The minimum absolute atomic E-state index is 0.0160. The second kappa shape index (κ2) is 4.18. The third kappa shape index (κ3) is 2.92. The van der Waals surface area contributed by atoms with Gasteiger partial charge in [-0.3, -0.25) is 0 Å². The highest BCUT2D eigenvalue weighted by Crippen LogP contribution is 2.22. The SMILES string of the molecule is CC(C)CS(=O)(=O)c1cc(F)ccc1N. The summed E-state index contributed by atoms with van der Waals surface area (Å²) < 4.78 is 36.4. The number of rotatable bonds is 3. The van der Waals surface area contributed by atoms with E-state index in [0.717, 1.165) is 12.1 Å². The summed E-state index contributed by atoms with van der Waals surface area (Å²) in [5.74, 6) is -0.634. The molecule has 2 N–H and O–H groups in total. The van der Waals surface area contributed by atoms with E-state index in [4.69, 9.17) is 5.73 Å². The van der Waals surface area contributed by atoms with Gasteiger partial charge in [0.15, 0.2) is 9.84 Å². The molecule has 1 aromatic carbocycles. The highest BCUT2D eigenvalue weighted by molar-refractivity contribution is 7.91. The Morgan fingerprint density at radius 2 is 2.00 bits per heavy atom. The summed E-state index contributed by atoms with van der Waals surface area (Å²) in [6.07, 6.45) is 0. The van der Waals surface area contributed by atoms with Crippen molar-refractivity contribution in [1.82, 2.24) is 0 Å². The highest BCUT2D eigenvalue weighted by atomic mass is 32.2. The number of benzene rings is 1. The molecule has 1 rings (SSSR count). The van der Waals surface area contributed by atoms with Crippen LogP contribution < -0.4 is 5.73 Å². The van der Waals surface area contributed by atoms with Crippen LogP contribution in [0.5, 0.6) is 0 Å². The molecule has 0 heterocycles. The zero-order valence-electron chi connectivity index (χ0n) is 8.70. The van der Waals surface area contributed by atoms with Gasteiger partial charge in [-0.25, -0.2) is 12.8 Å². The summed E-state index contributed by atoms with van der Waals surface area (Å²) >= 11 is 0. The van der Waals surface area contributed by atoms with E-state index in [0.29, 0.717) is 0 Å². The van der Waals surface area contributed by atoms with Gasteiger partial charge < -0.3 is 5.73 Å². The molecule has 0 spiro atoms. The Morgan fingerprint density at radius 3 is 2.53 bits per heavy atom. The van der Waals surface area contributed by atoms with Crippen LogP contribution in [0.15, 0.2) is 23.1 Å². The van der Waals surface area contributed by atoms with Crippen molar-refractivity contribution < 1.29 is 12.8 Å². The summed E-state index contributed by atoms with van der Waals surface area (Å²) in [5, 5.41) is 0. The van der Waals surface area contributed by atoms with Crippen molar-refractivity contribution in [3.8, 4) is 0 Å². The normalized spacial score (nSPS) is 12.0. The van der Waals surface area contributed by atoms with Gasteiger partial charge in [-0.1, -0.05) is 13.8 Å². The number of hydrogen-bond acceptors (Lipinski definition) is 3. The summed E-state index contributed by atoms with van der Waals surface area (Å²) in [7, 11) is -3.48. The molecular formula is C10H14FNO2S. The number of hydrogen-bond donors (Lipinski definition) is 1. The third-order valence-corrected chi connectivity index (χ3v) is 3.99. The molecule has 3 nitrogen and oxygen atoms in total. The fraction of sp³-hybridized carbons (Fsp3) is 0.400. The topological polar surface area (TPSA) is 60.2 Å². The molecule has 0 bridgehead atoms. The highest BCUT2D eigenvalue weighted by Gasteiger charge is 2.19. The first-order chi connectivity index (χ1) is 6.83. The van der Waals surface area contributed by atoms with Crippen molar-refractivity contribution in [2.45, 2.75) is 18.7 Å². The molecule has 0 atom stereocenters. The lowest BCUT2D eigenvalue weighted by Crippen LogP contribution is -2.13. The molecule has 0 amide bonds. The Bertz CT molecular complexity index is 454. The second-order valence-electron chi connectivity index (χ2n) is 3.86. The van der Waals surface area contributed by atoms with Crippen molar-refractivity contribution in [3.05, 3.63) is 24.0 Å². The number of nitrogen functional groups attached to an aromatic ring is 1. The van der Waals surface area contributed by atoms with E-state index < -0.39 is 15.7 Å². The van der Waals surface area contributed by atoms with Crippen molar-refractivity contribution >= 4 is 15.5 Å². The summed E-state index contributed by atoms with van der Waals surface area (Å²) in [6, 6.07) is 3.37. The van der Waals surface area contributed by atoms with E-state index in [9.17, 15) is 12.8 Å². The van der Waals surface area contributed by atoms with Gasteiger partial charge >= 0.3 is 0 Å². The lowest BCUT2D eigenvalue weighted by molar-refractivity contribution is 0.579. The van der Waals surface area contributed by atoms with E-state index in [1.165, 1.54) is 6.07 Å². The second-order valence-corrected chi connectivity index (χ2v) is 5.86. The van der Waals surface area contributed by atoms with Crippen LogP contribution in [-0.2, 0) is 9.84 Å². The first kappa shape index (κ1) is 12.0. The third-order valence-electron chi connectivity index (χ3n) is 1.86. The molecule has 0 aliphatic heterocycles. The van der Waals surface area contributed by atoms with E-state index >= 15 is 0 Å². The fourth-order valence-electron chi connectivity index (χ4n) is 1.31. The quantitative estimate of drug-likeness (QED) is 0.807. The van der Waals surface area contributed by atoms with Gasteiger partial charge in [0, 0.05) is 0 Å². The van der Waals surface area contributed by atoms with Gasteiger partial charge in [-0.05, 0) is 24.1 Å². The number of anilines is 1. The van der Waals surface area contributed by atoms with Gasteiger partial charge in [0.05, 0.1) is 16.3 Å². The Hall–Kier alpha value is -1.10. The van der Waals surface area contributed by atoms with Gasteiger partial charge in [-0.2, -0.15) is 0 Å². The van der Waals surface area contributed by atoms with E-state index in [2.05, 4.69) is 0 Å². The number of nitrogens with two attached hydrogens (primary N) is 1. The lowest BCUT2D eigenvalue weighted by Gasteiger charge is -2.09. The predicted octanol–water partition coefficient (Wildman–Crippen LogP) is 1.84. The van der Waals surface area contributed by atoms with E-state index in [-0.39, 0.29) is 22.3 Å². The lowest BCUT2D eigenvalue weighted by atomic mass is 10.3.